The molecule has 0 saturated heterocycles. The highest BCUT2D eigenvalue weighted by atomic mass is 19.1. The van der Waals surface area contributed by atoms with Gasteiger partial charge in [-0.2, -0.15) is 0 Å². The first-order chi connectivity index (χ1) is 9.38. The number of carbonyl (C=O) groups is 1. The molecular formula is C15H18FN3O. The number of rotatable bonds is 3. The Bertz CT molecular complexity index is 647. The molecule has 106 valence electrons. The topological polar surface area (TPSA) is 60.1 Å². The maximum atomic E-state index is 13.7. The smallest absolute Gasteiger partial charge is 0.272 e. The largest absolute Gasteiger partial charge is 0.397 e. The van der Waals surface area contributed by atoms with Crippen LogP contribution >= 0.6 is 0 Å². The Hall–Kier alpha value is -2.30. The second-order valence-corrected chi connectivity index (χ2v) is 5.10. The minimum Gasteiger partial charge on any atom is -0.397 e. The number of carbonyl (C=O) groups excluding carboxylic acids is 1. The number of nitrogens with two attached hydrogens (primary N) is 1. The van der Waals surface area contributed by atoms with Crippen LogP contribution in [0.15, 0.2) is 30.5 Å². The molecule has 0 bridgehead atoms. The third-order valence-corrected chi connectivity index (χ3v) is 3.03. The van der Waals surface area contributed by atoms with E-state index in [0.29, 0.717) is 11.4 Å². The molecule has 0 atom stereocenters. The maximum Gasteiger partial charge on any atom is 0.272 e. The third-order valence-electron chi connectivity index (χ3n) is 3.03. The zero-order chi connectivity index (χ0) is 14.9. The van der Waals surface area contributed by atoms with E-state index in [1.807, 2.05) is 13.8 Å². The molecule has 1 amide bonds. The van der Waals surface area contributed by atoms with E-state index in [1.54, 1.807) is 35.9 Å². The highest BCUT2D eigenvalue weighted by Crippen LogP contribution is 2.20. The van der Waals surface area contributed by atoms with Crippen molar-refractivity contribution in [2.24, 2.45) is 0 Å². The van der Waals surface area contributed by atoms with Crippen LogP contribution in [0.1, 0.15) is 35.9 Å². The van der Waals surface area contributed by atoms with Crippen molar-refractivity contribution in [1.29, 1.82) is 0 Å². The number of amides is 1. The summed E-state index contributed by atoms with van der Waals surface area (Å²) >= 11 is 0. The molecule has 20 heavy (non-hydrogen) atoms. The fraction of sp³-hybridized carbons (Fsp3) is 0.267. The standard InChI is InChI=1S/C15H18FN3O/c1-9(2)19-8-11(17)7-14(19)15(20)18-13-5-4-10(3)6-12(13)16/h4-9H,17H2,1-3H3,(H,18,20). The van der Waals surface area contributed by atoms with Crippen LogP contribution < -0.4 is 11.1 Å². The van der Waals surface area contributed by atoms with Gasteiger partial charge in [0.2, 0.25) is 0 Å². The zero-order valence-corrected chi connectivity index (χ0v) is 11.8. The van der Waals surface area contributed by atoms with Crippen LogP contribution in [0.2, 0.25) is 0 Å². The zero-order valence-electron chi connectivity index (χ0n) is 11.8. The Labute approximate surface area is 117 Å². The molecule has 5 heteroatoms. The number of halogens is 1. The van der Waals surface area contributed by atoms with Crippen molar-refractivity contribution in [3.63, 3.8) is 0 Å². The Morgan fingerprint density at radius 3 is 2.65 bits per heavy atom. The highest BCUT2D eigenvalue weighted by Gasteiger charge is 2.16. The molecule has 0 fully saturated rings. The van der Waals surface area contributed by atoms with Gasteiger partial charge in [0, 0.05) is 12.2 Å². The van der Waals surface area contributed by atoms with Crippen LogP contribution in [0.5, 0.6) is 0 Å². The summed E-state index contributed by atoms with van der Waals surface area (Å²) in [4.78, 5) is 12.2. The number of hydrogen-bond donors (Lipinski definition) is 2. The van der Waals surface area contributed by atoms with Crippen LogP contribution in [-0.4, -0.2) is 10.5 Å². The Balaban J connectivity index is 2.28. The normalized spacial score (nSPS) is 10.8. The van der Waals surface area contributed by atoms with Gasteiger partial charge in [0.25, 0.3) is 5.91 Å². The molecule has 0 aliphatic rings. The summed E-state index contributed by atoms with van der Waals surface area (Å²) in [7, 11) is 0. The summed E-state index contributed by atoms with van der Waals surface area (Å²) in [6.45, 7) is 5.69. The van der Waals surface area contributed by atoms with E-state index in [9.17, 15) is 9.18 Å². The van der Waals surface area contributed by atoms with Gasteiger partial charge in [-0.1, -0.05) is 6.07 Å². The van der Waals surface area contributed by atoms with Crippen molar-refractivity contribution >= 4 is 17.3 Å². The molecule has 3 N–H and O–H groups in total. The number of benzene rings is 1. The number of nitrogens with zero attached hydrogens (tertiary/aromatic N) is 1. The maximum absolute atomic E-state index is 13.7. The van der Waals surface area contributed by atoms with Crippen molar-refractivity contribution in [3.8, 4) is 0 Å². The van der Waals surface area contributed by atoms with E-state index in [1.165, 1.54) is 6.07 Å². The molecule has 0 aliphatic heterocycles. The van der Waals surface area contributed by atoms with E-state index in [4.69, 9.17) is 5.73 Å². The number of nitrogen functional groups attached to an aromatic ring is 1. The second-order valence-electron chi connectivity index (χ2n) is 5.10. The fourth-order valence-electron chi connectivity index (χ4n) is 2.02. The van der Waals surface area contributed by atoms with Crippen LogP contribution in [0.3, 0.4) is 0 Å². The first-order valence-corrected chi connectivity index (χ1v) is 6.43. The Morgan fingerprint density at radius 2 is 2.05 bits per heavy atom. The van der Waals surface area contributed by atoms with Gasteiger partial charge in [-0.15, -0.1) is 0 Å². The lowest BCUT2D eigenvalue weighted by Crippen LogP contribution is -2.18. The highest BCUT2D eigenvalue weighted by molar-refractivity contribution is 6.04. The monoisotopic (exact) mass is 275 g/mol. The van der Waals surface area contributed by atoms with Crippen molar-refractivity contribution in [2.45, 2.75) is 26.8 Å². The molecule has 4 nitrogen and oxygen atoms in total. The minimum absolute atomic E-state index is 0.0934. The molecule has 2 rings (SSSR count). The molecule has 0 aliphatic carbocycles. The van der Waals surface area contributed by atoms with Gasteiger partial charge in [-0.25, -0.2) is 4.39 Å². The van der Waals surface area contributed by atoms with E-state index < -0.39 is 5.82 Å². The first kappa shape index (κ1) is 14.1. The van der Waals surface area contributed by atoms with Crippen molar-refractivity contribution in [2.75, 3.05) is 11.1 Å². The van der Waals surface area contributed by atoms with Crippen LogP contribution in [0.4, 0.5) is 15.8 Å². The molecule has 0 radical (unpaired) electrons. The van der Waals surface area contributed by atoms with E-state index in [-0.39, 0.29) is 17.6 Å². The summed E-state index contributed by atoms with van der Waals surface area (Å²) < 4.78 is 15.5. The fourth-order valence-corrected chi connectivity index (χ4v) is 2.02. The van der Waals surface area contributed by atoms with E-state index in [2.05, 4.69) is 5.32 Å². The molecule has 2 aromatic rings. The van der Waals surface area contributed by atoms with Crippen LogP contribution in [-0.2, 0) is 0 Å². The lowest BCUT2D eigenvalue weighted by atomic mass is 10.2. The molecular weight excluding hydrogens is 257 g/mol. The summed E-state index contributed by atoms with van der Waals surface area (Å²) in [5.74, 6) is -0.827. The number of hydrogen-bond acceptors (Lipinski definition) is 2. The summed E-state index contributed by atoms with van der Waals surface area (Å²) in [6.07, 6.45) is 1.70. The van der Waals surface area contributed by atoms with Gasteiger partial charge in [-0.05, 0) is 44.5 Å². The second kappa shape index (κ2) is 5.36. The number of anilines is 2. The third kappa shape index (κ3) is 2.82. The number of aryl methyl sites for hydroxylation is 1. The SMILES string of the molecule is Cc1ccc(NC(=O)c2cc(N)cn2C(C)C)c(F)c1. The summed E-state index contributed by atoms with van der Waals surface area (Å²) in [6, 6.07) is 6.35. The Morgan fingerprint density at radius 1 is 1.35 bits per heavy atom. The van der Waals surface area contributed by atoms with Gasteiger partial charge < -0.3 is 15.6 Å². The van der Waals surface area contributed by atoms with Gasteiger partial charge in [0.1, 0.15) is 11.5 Å². The van der Waals surface area contributed by atoms with E-state index >= 15 is 0 Å². The summed E-state index contributed by atoms with van der Waals surface area (Å²) in [5.41, 5.74) is 7.61. The number of nitrogens with one attached hydrogen (secondary N) is 1. The predicted molar refractivity (Wildman–Crippen MR) is 78.3 cm³/mol. The van der Waals surface area contributed by atoms with E-state index in [0.717, 1.165) is 5.56 Å². The van der Waals surface area contributed by atoms with Crippen molar-refractivity contribution in [3.05, 3.63) is 47.5 Å². The average Bonchev–Trinajstić information content (AvgIpc) is 2.75. The predicted octanol–water partition coefficient (Wildman–Crippen LogP) is 3.35. The average molecular weight is 275 g/mol. The minimum atomic E-state index is -0.450. The molecule has 0 saturated carbocycles. The Kier molecular flexibility index (Phi) is 3.79. The molecule has 1 heterocycles. The molecule has 1 aromatic heterocycles. The lowest BCUT2D eigenvalue weighted by Gasteiger charge is -2.13. The number of aromatic nitrogens is 1. The molecule has 0 unspecified atom stereocenters. The quantitative estimate of drug-likeness (QED) is 0.902. The summed E-state index contributed by atoms with van der Waals surface area (Å²) in [5, 5.41) is 2.57. The van der Waals surface area contributed by atoms with Gasteiger partial charge in [0.15, 0.2) is 0 Å². The van der Waals surface area contributed by atoms with Gasteiger partial charge in [-0.3, -0.25) is 4.79 Å². The molecule has 1 aromatic carbocycles. The van der Waals surface area contributed by atoms with Crippen LogP contribution in [0, 0.1) is 12.7 Å². The molecule has 0 spiro atoms. The first-order valence-electron chi connectivity index (χ1n) is 6.43. The lowest BCUT2D eigenvalue weighted by molar-refractivity contribution is 0.101. The van der Waals surface area contributed by atoms with Crippen molar-refractivity contribution in [1.82, 2.24) is 4.57 Å². The van der Waals surface area contributed by atoms with Crippen molar-refractivity contribution < 1.29 is 9.18 Å². The van der Waals surface area contributed by atoms with Gasteiger partial charge in [0.05, 0.1) is 11.4 Å². The van der Waals surface area contributed by atoms with Crippen LogP contribution in [0.25, 0.3) is 0 Å². The van der Waals surface area contributed by atoms with Gasteiger partial charge >= 0.3 is 0 Å².